The molecule has 0 atom stereocenters. The topological polar surface area (TPSA) is 42.4 Å². The Hall–Kier alpha value is -3.40. The Bertz CT molecular complexity index is 1150. The number of hydrogen-bond acceptors (Lipinski definition) is 3. The monoisotopic (exact) mass is 370 g/mol. The maximum absolute atomic E-state index is 13.1. The summed E-state index contributed by atoms with van der Waals surface area (Å²) in [6.07, 6.45) is 1.73. The molecule has 4 nitrogen and oxygen atoms in total. The van der Waals surface area contributed by atoms with Crippen LogP contribution in [-0.4, -0.2) is 36.0 Å². The van der Waals surface area contributed by atoms with E-state index in [-0.39, 0.29) is 5.91 Å². The van der Waals surface area contributed by atoms with E-state index in [0.717, 1.165) is 33.0 Å². The summed E-state index contributed by atoms with van der Waals surface area (Å²) in [7, 11) is 1.80. The highest BCUT2D eigenvalue weighted by Gasteiger charge is 2.17. The number of amides is 1. The van der Waals surface area contributed by atoms with Gasteiger partial charge in [0.05, 0.1) is 17.6 Å². The summed E-state index contributed by atoms with van der Waals surface area (Å²) in [6.45, 7) is 2.96. The van der Waals surface area contributed by atoms with Crippen molar-refractivity contribution >= 4 is 27.6 Å². The van der Waals surface area contributed by atoms with E-state index in [1.165, 1.54) is 0 Å². The number of carbonyl (C=O) groups excluding carboxylic acids is 1. The van der Waals surface area contributed by atoms with Crippen LogP contribution in [0, 0.1) is 6.92 Å². The van der Waals surface area contributed by atoms with Gasteiger partial charge in [0.1, 0.15) is 12.4 Å². The number of nitrogens with zero attached hydrogens (tertiary/aromatic N) is 2. The summed E-state index contributed by atoms with van der Waals surface area (Å²) in [5.41, 5.74) is 2.50. The van der Waals surface area contributed by atoms with Gasteiger partial charge in [-0.3, -0.25) is 9.78 Å². The van der Waals surface area contributed by atoms with Crippen LogP contribution in [-0.2, 0) is 0 Å². The third kappa shape index (κ3) is 3.54. The first-order valence-electron chi connectivity index (χ1n) is 9.35. The number of aromatic nitrogens is 1. The van der Waals surface area contributed by atoms with Gasteiger partial charge in [-0.05, 0) is 47.5 Å². The molecule has 28 heavy (non-hydrogen) atoms. The van der Waals surface area contributed by atoms with Crippen molar-refractivity contribution in [1.29, 1.82) is 0 Å². The van der Waals surface area contributed by atoms with E-state index in [0.29, 0.717) is 18.7 Å². The van der Waals surface area contributed by atoms with E-state index >= 15 is 0 Å². The van der Waals surface area contributed by atoms with Crippen molar-refractivity contribution in [3.8, 4) is 5.75 Å². The van der Waals surface area contributed by atoms with Crippen molar-refractivity contribution in [2.75, 3.05) is 20.2 Å². The first kappa shape index (κ1) is 18.0. The molecular weight excluding hydrogens is 348 g/mol. The SMILES string of the molecule is Cc1cccc(OCCN(C)C(=O)c2cc3ccccc3c3cccnc23)c1. The van der Waals surface area contributed by atoms with E-state index in [1.807, 2.05) is 67.6 Å². The first-order valence-corrected chi connectivity index (χ1v) is 9.35. The molecule has 1 aromatic heterocycles. The molecule has 4 heteroatoms. The van der Waals surface area contributed by atoms with Crippen molar-refractivity contribution < 1.29 is 9.53 Å². The molecule has 0 fully saturated rings. The van der Waals surface area contributed by atoms with Crippen LogP contribution in [0.4, 0.5) is 0 Å². The largest absolute Gasteiger partial charge is 0.492 e. The third-order valence-corrected chi connectivity index (χ3v) is 4.88. The van der Waals surface area contributed by atoms with E-state index in [4.69, 9.17) is 4.74 Å². The second kappa shape index (κ2) is 7.69. The number of benzene rings is 3. The Morgan fingerprint density at radius 3 is 2.68 bits per heavy atom. The van der Waals surface area contributed by atoms with Crippen LogP contribution in [0.5, 0.6) is 5.75 Å². The molecule has 1 heterocycles. The lowest BCUT2D eigenvalue weighted by molar-refractivity contribution is 0.0775. The zero-order chi connectivity index (χ0) is 19.5. The van der Waals surface area contributed by atoms with Crippen molar-refractivity contribution in [1.82, 2.24) is 9.88 Å². The van der Waals surface area contributed by atoms with Crippen molar-refractivity contribution in [3.63, 3.8) is 0 Å². The molecule has 0 aliphatic heterocycles. The van der Waals surface area contributed by atoms with Gasteiger partial charge in [-0.1, -0.05) is 42.5 Å². The third-order valence-electron chi connectivity index (χ3n) is 4.88. The molecule has 0 saturated carbocycles. The molecular formula is C24H22N2O2. The van der Waals surface area contributed by atoms with Gasteiger partial charge in [0.15, 0.2) is 0 Å². The normalized spacial score (nSPS) is 10.9. The minimum atomic E-state index is -0.0534. The van der Waals surface area contributed by atoms with Crippen molar-refractivity contribution in [2.24, 2.45) is 0 Å². The van der Waals surface area contributed by atoms with E-state index in [9.17, 15) is 4.79 Å². The standard InChI is InChI=1S/C24H22N2O2/c1-17-7-5-9-19(15-17)28-14-13-26(2)24(27)22-16-18-8-3-4-10-20(18)21-11-6-12-25-23(21)22/h3-12,15-16H,13-14H2,1-2H3. The molecule has 0 aliphatic rings. The van der Waals surface area contributed by atoms with Crippen molar-refractivity contribution in [2.45, 2.75) is 6.92 Å². The molecule has 0 spiro atoms. The fraction of sp³-hybridized carbons (Fsp3) is 0.167. The van der Waals surface area contributed by atoms with E-state index in [2.05, 4.69) is 11.1 Å². The van der Waals surface area contributed by atoms with Gasteiger partial charge in [-0.25, -0.2) is 0 Å². The highest BCUT2D eigenvalue weighted by atomic mass is 16.5. The number of carbonyl (C=O) groups is 1. The quantitative estimate of drug-likeness (QED) is 0.472. The highest BCUT2D eigenvalue weighted by Crippen LogP contribution is 2.27. The Morgan fingerprint density at radius 2 is 1.82 bits per heavy atom. The van der Waals surface area contributed by atoms with Crippen LogP contribution in [0.2, 0.25) is 0 Å². The average Bonchev–Trinajstić information content (AvgIpc) is 2.72. The number of pyridine rings is 1. The lowest BCUT2D eigenvalue weighted by Crippen LogP contribution is -2.31. The molecule has 0 unspecified atom stereocenters. The number of hydrogen-bond donors (Lipinski definition) is 0. The zero-order valence-corrected chi connectivity index (χ0v) is 16.1. The minimum absolute atomic E-state index is 0.0534. The number of ether oxygens (including phenoxy) is 1. The van der Waals surface area contributed by atoms with E-state index in [1.54, 1.807) is 18.1 Å². The fourth-order valence-electron chi connectivity index (χ4n) is 3.41. The minimum Gasteiger partial charge on any atom is -0.492 e. The molecule has 0 bridgehead atoms. The number of aryl methyl sites for hydroxylation is 1. The molecule has 1 amide bonds. The van der Waals surface area contributed by atoms with Crippen LogP contribution < -0.4 is 4.74 Å². The van der Waals surface area contributed by atoms with Crippen LogP contribution >= 0.6 is 0 Å². The van der Waals surface area contributed by atoms with Crippen LogP contribution in [0.25, 0.3) is 21.7 Å². The predicted molar refractivity (Wildman–Crippen MR) is 113 cm³/mol. The summed E-state index contributed by atoms with van der Waals surface area (Å²) in [4.78, 5) is 19.3. The lowest BCUT2D eigenvalue weighted by Gasteiger charge is -2.19. The van der Waals surface area contributed by atoms with Gasteiger partial charge in [0.25, 0.3) is 5.91 Å². The molecule has 0 saturated heterocycles. The van der Waals surface area contributed by atoms with Gasteiger partial charge in [-0.15, -0.1) is 0 Å². The van der Waals surface area contributed by atoms with Gasteiger partial charge < -0.3 is 9.64 Å². The van der Waals surface area contributed by atoms with Gasteiger partial charge in [0.2, 0.25) is 0 Å². The Morgan fingerprint density at radius 1 is 1.00 bits per heavy atom. The van der Waals surface area contributed by atoms with Crippen LogP contribution in [0.3, 0.4) is 0 Å². The van der Waals surface area contributed by atoms with E-state index < -0.39 is 0 Å². The molecule has 0 radical (unpaired) electrons. The second-order valence-electron chi connectivity index (χ2n) is 6.94. The van der Waals surface area contributed by atoms with Crippen molar-refractivity contribution in [3.05, 3.63) is 84.1 Å². The van der Waals surface area contributed by atoms with Gasteiger partial charge >= 0.3 is 0 Å². The van der Waals surface area contributed by atoms with Crippen LogP contribution in [0.1, 0.15) is 15.9 Å². The molecule has 4 aromatic rings. The molecule has 0 aliphatic carbocycles. The number of likely N-dealkylation sites (N-methyl/N-ethyl adjacent to an activating group) is 1. The zero-order valence-electron chi connectivity index (χ0n) is 16.1. The Labute approximate surface area is 164 Å². The van der Waals surface area contributed by atoms with Gasteiger partial charge in [0, 0.05) is 18.6 Å². The maximum atomic E-state index is 13.1. The molecule has 3 aromatic carbocycles. The summed E-state index contributed by atoms with van der Waals surface area (Å²) in [6, 6.07) is 21.8. The number of fused-ring (bicyclic) bond motifs is 3. The smallest absolute Gasteiger partial charge is 0.255 e. The molecule has 140 valence electrons. The Balaban J connectivity index is 1.57. The molecule has 4 rings (SSSR count). The highest BCUT2D eigenvalue weighted by molar-refractivity contribution is 6.15. The Kier molecular flexibility index (Phi) is 4.94. The predicted octanol–water partition coefficient (Wildman–Crippen LogP) is 4.85. The van der Waals surface area contributed by atoms with Crippen LogP contribution in [0.15, 0.2) is 72.9 Å². The first-order chi connectivity index (χ1) is 13.6. The summed E-state index contributed by atoms with van der Waals surface area (Å²) in [5, 5.41) is 3.14. The fourth-order valence-corrected chi connectivity index (χ4v) is 3.41. The molecule has 0 N–H and O–H groups in total. The lowest BCUT2D eigenvalue weighted by atomic mass is 10.00. The number of rotatable bonds is 5. The summed E-state index contributed by atoms with van der Waals surface area (Å²) in [5.74, 6) is 0.765. The maximum Gasteiger partial charge on any atom is 0.255 e. The summed E-state index contributed by atoms with van der Waals surface area (Å²) < 4.78 is 5.79. The second-order valence-corrected chi connectivity index (χ2v) is 6.94. The summed E-state index contributed by atoms with van der Waals surface area (Å²) >= 11 is 0. The van der Waals surface area contributed by atoms with Gasteiger partial charge in [-0.2, -0.15) is 0 Å². The average molecular weight is 370 g/mol.